The van der Waals surface area contributed by atoms with Gasteiger partial charge in [0.2, 0.25) is 0 Å². The van der Waals surface area contributed by atoms with Crippen LogP contribution in [0.15, 0.2) is 18.2 Å². The summed E-state index contributed by atoms with van der Waals surface area (Å²) in [5.74, 6) is 0. The molecular formula is C15H22N2O4. The molecule has 0 spiro atoms. The zero-order valence-electron chi connectivity index (χ0n) is 12.8. The van der Waals surface area contributed by atoms with Crippen LogP contribution in [0, 0.1) is 15.5 Å². The van der Waals surface area contributed by atoms with Crippen LogP contribution in [-0.4, -0.2) is 28.8 Å². The summed E-state index contributed by atoms with van der Waals surface area (Å²) < 4.78 is 5.57. The average molecular weight is 294 g/mol. The number of nitrogens with zero attached hydrogens (tertiary/aromatic N) is 1. The number of nitro groups is 1. The van der Waals surface area contributed by atoms with Crippen molar-refractivity contribution >= 4 is 11.4 Å². The zero-order chi connectivity index (χ0) is 15.8. The van der Waals surface area contributed by atoms with Crippen molar-refractivity contribution in [3.8, 4) is 0 Å². The van der Waals surface area contributed by atoms with Crippen molar-refractivity contribution in [1.29, 1.82) is 0 Å². The number of methoxy groups -OCH3 is 1. The van der Waals surface area contributed by atoms with Crippen molar-refractivity contribution in [1.82, 2.24) is 0 Å². The van der Waals surface area contributed by atoms with Crippen molar-refractivity contribution in [2.24, 2.45) is 5.41 Å². The van der Waals surface area contributed by atoms with E-state index in [1.54, 1.807) is 19.2 Å². The Labute approximate surface area is 124 Å². The Hall–Kier alpha value is -1.66. The number of hydrogen-bond donors (Lipinski definition) is 2. The summed E-state index contributed by atoms with van der Waals surface area (Å²) in [5.41, 5.74) is 0.727. The van der Waals surface area contributed by atoms with Gasteiger partial charge in [0.25, 0.3) is 5.69 Å². The number of nitrogens with one attached hydrogen (secondary N) is 1. The van der Waals surface area contributed by atoms with Gasteiger partial charge in [-0.25, -0.2) is 0 Å². The number of aliphatic hydroxyl groups is 1. The van der Waals surface area contributed by atoms with Crippen LogP contribution in [-0.2, 0) is 11.3 Å². The molecule has 21 heavy (non-hydrogen) atoms. The first kappa shape index (κ1) is 15.7. The highest BCUT2D eigenvalue weighted by Crippen LogP contribution is 2.53. The van der Waals surface area contributed by atoms with Gasteiger partial charge in [-0.3, -0.25) is 10.1 Å². The third-order valence-electron chi connectivity index (χ3n) is 5.05. The van der Waals surface area contributed by atoms with E-state index in [-0.39, 0.29) is 29.4 Å². The molecule has 2 unspecified atom stereocenters. The van der Waals surface area contributed by atoms with E-state index < -0.39 is 4.92 Å². The fourth-order valence-corrected chi connectivity index (χ4v) is 2.87. The Morgan fingerprint density at radius 3 is 2.62 bits per heavy atom. The maximum absolute atomic E-state index is 11.1. The molecule has 1 fully saturated rings. The lowest BCUT2D eigenvalue weighted by molar-refractivity contribution is -0.384. The molecule has 1 aromatic rings. The molecule has 6 heteroatoms. The first-order chi connectivity index (χ1) is 9.75. The fourth-order valence-electron chi connectivity index (χ4n) is 2.87. The Morgan fingerprint density at radius 1 is 1.48 bits per heavy atom. The zero-order valence-corrected chi connectivity index (χ0v) is 12.8. The van der Waals surface area contributed by atoms with Gasteiger partial charge in [0.15, 0.2) is 0 Å². The third-order valence-corrected chi connectivity index (χ3v) is 5.05. The van der Waals surface area contributed by atoms with Crippen LogP contribution < -0.4 is 5.32 Å². The second kappa shape index (κ2) is 5.27. The molecule has 0 saturated heterocycles. The predicted molar refractivity (Wildman–Crippen MR) is 80.2 cm³/mol. The minimum Gasteiger partial charge on any atom is -0.392 e. The van der Waals surface area contributed by atoms with Crippen LogP contribution in [0.4, 0.5) is 11.4 Å². The molecule has 0 radical (unpaired) electrons. The number of benzene rings is 1. The van der Waals surface area contributed by atoms with Crippen molar-refractivity contribution < 1.29 is 14.8 Å². The first-order valence-electron chi connectivity index (χ1n) is 6.95. The minimum absolute atomic E-state index is 0.0222. The number of anilines is 1. The van der Waals surface area contributed by atoms with Gasteiger partial charge in [-0.1, -0.05) is 13.8 Å². The van der Waals surface area contributed by atoms with Crippen LogP contribution >= 0.6 is 0 Å². The lowest BCUT2D eigenvalue weighted by atomic mass is 9.55. The first-order valence-corrected chi connectivity index (χ1v) is 6.95. The van der Waals surface area contributed by atoms with Crippen molar-refractivity contribution in [2.45, 2.75) is 45.4 Å². The maximum Gasteiger partial charge on any atom is 0.292 e. The summed E-state index contributed by atoms with van der Waals surface area (Å²) in [6.45, 7) is 6.07. The molecule has 1 aliphatic rings. The topological polar surface area (TPSA) is 84.6 Å². The lowest BCUT2D eigenvalue weighted by Gasteiger charge is -2.59. The molecule has 0 bridgehead atoms. The summed E-state index contributed by atoms with van der Waals surface area (Å²) in [5, 5.41) is 23.6. The quantitative estimate of drug-likeness (QED) is 0.644. The molecule has 2 rings (SSSR count). The number of rotatable bonds is 5. The highest BCUT2D eigenvalue weighted by atomic mass is 16.6. The lowest BCUT2D eigenvalue weighted by Crippen LogP contribution is -2.65. The van der Waals surface area contributed by atoms with E-state index in [1.165, 1.54) is 6.07 Å². The van der Waals surface area contributed by atoms with Crippen LogP contribution in [0.1, 0.15) is 32.8 Å². The smallest absolute Gasteiger partial charge is 0.292 e. The number of hydrogen-bond acceptors (Lipinski definition) is 5. The summed E-state index contributed by atoms with van der Waals surface area (Å²) in [6.07, 6.45) is 0.775. The number of nitro benzene ring substituents is 1. The van der Waals surface area contributed by atoms with Gasteiger partial charge >= 0.3 is 0 Å². The molecule has 1 aromatic carbocycles. The van der Waals surface area contributed by atoms with Crippen molar-refractivity contribution in [2.75, 3.05) is 12.4 Å². The second-order valence-corrected chi connectivity index (χ2v) is 6.32. The maximum atomic E-state index is 11.1. The predicted octanol–water partition coefficient (Wildman–Crippen LogP) is 2.70. The van der Waals surface area contributed by atoms with Gasteiger partial charge in [-0.05, 0) is 31.0 Å². The molecule has 6 nitrogen and oxygen atoms in total. The highest BCUT2D eigenvalue weighted by Gasteiger charge is 2.58. The van der Waals surface area contributed by atoms with Gasteiger partial charge in [0.05, 0.1) is 17.1 Å². The standard InChI is InChI=1S/C15H22N2O4/c1-14(2)13(8-15(14,3)21-4)16-11-7-10(9-18)5-6-12(11)17(19)20/h5-7,13,16,18H,8-9H2,1-4H3. The minimum atomic E-state index is -0.412. The van der Waals surface area contributed by atoms with Gasteiger partial charge in [-0.2, -0.15) is 0 Å². The molecular weight excluding hydrogens is 272 g/mol. The van der Waals surface area contributed by atoms with E-state index in [4.69, 9.17) is 4.74 Å². The van der Waals surface area contributed by atoms with Crippen LogP contribution in [0.3, 0.4) is 0 Å². The average Bonchev–Trinajstić information content (AvgIpc) is 2.45. The Kier molecular flexibility index (Phi) is 3.95. The number of aliphatic hydroxyl groups excluding tert-OH is 1. The van der Waals surface area contributed by atoms with E-state index in [9.17, 15) is 15.2 Å². The monoisotopic (exact) mass is 294 g/mol. The molecule has 116 valence electrons. The molecule has 0 aromatic heterocycles. The van der Waals surface area contributed by atoms with E-state index in [0.717, 1.165) is 6.42 Å². The highest BCUT2D eigenvalue weighted by molar-refractivity contribution is 5.63. The summed E-state index contributed by atoms with van der Waals surface area (Å²) in [7, 11) is 1.69. The van der Waals surface area contributed by atoms with Crippen LogP contribution in [0.25, 0.3) is 0 Å². The molecule has 0 aliphatic heterocycles. The molecule has 2 atom stereocenters. The van der Waals surface area contributed by atoms with Gasteiger partial charge in [0, 0.05) is 24.6 Å². The molecule has 1 saturated carbocycles. The largest absolute Gasteiger partial charge is 0.392 e. The molecule has 2 N–H and O–H groups in total. The van der Waals surface area contributed by atoms with Crippen LogP contribution in [0.2, 0.25) is 0 Å². The summed E-state index contributed by atoms with van der Waals surface area (Å²) in [4.78, 5) is 10.7. The molecule has 0 amide bonds. The Morgan fingerprint density at radius 2 is 2.14 bits per heavy atom. The van der Waals surface area contributed by atoms with Gasteiger partial charge in [0.1, 0.15) is 5.69 Å². The van der Waals surface area contributed by atoms with Gasteiger partial charge < -0.3 is 15.2 Å². The van der Waals surface area contributed by atoms with Crippen LogP contribution in [0.5, 0.6) is 0 Å². The SMILES string of the molecule is COC1(C)CC(Nc2cc(CO)ccc2[N+](=O)[O-])C1(C)C. The second-order valence-electron chi connectivity index (χ2n) is 6.32. The summed E-state index contributed by atoms with van der Waals surface area (Å²) >= 11 is 0. The summed E-state index contributed by atoms with van der Waals surface area (Å²) in [6, 6.07) is 4.70. The van der Waals surface area contributed by atoms with E-state index in [2.05, 4.69) is 19.2 Å². The van der Waals surface area contributed by atoms with E-state index >= 15 is 0 Å². The normalized spacial score (nSPS) is 27.0. The number of ether oxygens (including phenoxy) is 1. The third kappa shape index (κ3) is 2.49. The van der Waals surface area contributed by atoms with Gasteiger partial charge in [-0.15, -0.1) is 0 Å². The fraction of sp³-hybridized carbons (Fsp3) is 0.600. The van der Waals surface area contributed by atoms with E-state index in [1.807, 2.05) is 6.92 Å². The molecule has 1 aliphatic carbocycles. The van der Waals surface area contributed by atoms with Crippen molar-refractivity contribution in [3.63, 3.8) is 0 Å². The molecule has 0 heterocycles. The van der Waals surface area contributed by atoms with Crippen molar-refractivity contribution in [3.05, 3.63) is 33.9 Å². The Bertz CT molecular complexity index is 559. The Balaban J connectivity index is 2.26. The van der Waals surface area contributed by atoms with E-state index in [0.29, 0.717) is 11.3 Å².